The van der Waals surface area contributed by atoms with Crippen LogP contribution in [0.4, 0.5) is 13.2 Å². The van der Waals surface area contributed by atoms with Gasteiger partial charge in [-0.25, -0.2) is 0 Å². The summed E-state index contributed by atoms with van der Waals surface area (Å²) in [4.78, 5) is 0.775. The minimum absolute atomic E-state index is 0.454. The van der Waals surface area contributed by atoms with Gasteiger partial charge < -0.3 is 0 Å². The van der Waals surface area contributed by atoms with Crippen molar-refractivity contribution in [1.29, 1.82) is 0 Å². The molecule has 0 atom stereocenters. The molecule has 108 valence electrons. The Kier molecular flexibility index (Phi) is 6.62. The smallest absolute Gasteiger partial charge is 0.166 e. The van der Waals surface area contributed by atoms with Crippen molar-refractivity contribution < 1.29 is 13.2 Å². The third-order valence-corrected chi connectivity index (χ3v) is 4.43. The fourth-order valence-corrected chi connectivity index (χ4v) is 3.07. The summed E-state index contributed by atoms with van der Waals surface area (Å²) < 4.78 is 38.1. The van der Waals surface area contributed by atoms with E-state index in [4.69, 9.17) is 0 Å². The summed E-state index contributed by atoms with van der Waals surface area (Å²) in [6.45, 7) is 5.55. The molecule has 0 amide bonds. The summed E-state index contributed by atoms with van der Waals surface area (Å²) >= 11 is 4.66. The molecular formula is C15H14BrF3S. The highest BCUT2D eigenvalue weighted by atomic mass is 79.9. The molecule has 0 saturated carbocycles. The van der Waals surface area contributed by atoms with Gasteiger partial charge in [-0.15, -0.1) is 11.8 Å². The largest absolute Gasteiger partial charge is 0.416 e. The Bertz CT molecular complexity index is 530. The van der Waals surface area contributed by atoms with Gasteiger partial charge in [-0.2, -0.15) is 13.2 Å². The number of alkyl halides is 3. The molecular weight excluding hydrogens is 349 g/mol. The molecule has 0 aromatic heterocycles. The van der Waals surface area contributed by atoms with E-state index in [0.29, 0.717) is 10.2 Å². The van der Waals surface area contributed by atoms with Crippen LogP contribution in [0.5, 0.6) is 0 Å². The molecule has 0 radical (unpaired) electrons. The van der Waals surface area contributed by atoms with E-state index in [1.807, 2.05) is 25.2 Å². The number of hydrogen-bond donors (Lipinski definition) is 0. The molecule has 0 spiro atoms. The van der Waals surface area contributed by atoms with Gasteiger partial charge in [-0.3, -0.25) is 0 Å². The van der Waals surface area contributed by atoms with E-state index in [2.05, 4.69) is 22.5 Å². The number of hydrogen-bond acceptors (Lipinski definition) is 1. The summed E-state index contributed by atoms with van der Waals surface area (Å²) in [6, 6.07) is 3.69. The molecule has 0 fully saturated rings. The molecule has 5 heteroatoms. The first kappa shape index (κ1) is 17.1. The van der Waals surface area contributed by atoms with Crippen molar-refractivity contribution in [2.75, 3.05) is 5.75 Å². The van der Waals surface area contributed by atoms with Gasteiger partial charge in [0, 0.05) is 15.1 Å². The van der Waals surface area contributed by atoms with Gasteiger partial charge >= 0.3 is 6.18 Å². The topological polar surface area (TPSA) is 0 Å². The van der Waals surface area contributed by atoms with E-state index in [-0.39, 0.29) is 0 Å². The zero-order valence-corrected chi connectivity index (χ0v) is 13.3. The molecule has 0 aliphatic heterocycles. The minimum atomic E-state index is -4.31. The van der Waals surface area contributed by atoms with E-state index < -0.39 is 11.7 Å². The lowest BCUT2D eigenvalue weighted by atomic mass is 10.2. The third kappa shape index (κ3) is 5.21. The summed E-state index contributed by atoms with van der Waals surface area (Å²) in [5.74, 6) is 0.667. The highest BCUT2D eigenvalue weighted by Gasteiger charge is 2.30. The second-order valence-corrected chi connectivity index (χ2v) is 5.78. The Morgan fingerprint density at radius 1 is 1.40 bits per heavy atom. The third-order valence-electron chi connectivity index (χ3n) is 2.37. The van der Waals surface area contributed by atoms with Crippen molar-refractivity contribution in [2.45, 2.75) is 18.0 Å². The van der Waals surface area contributed by atoms with Crippen LogP contribution in [0.3, 0.4) is 0 Å². The summed E-state index contributed by atoms with van der Waals surface area (Å²) in [5.41, 5.74) is 0.406. The van der Waals surface area contributed by atoms with Crippen molar-refractivity contribution in [2.24, 2.45) is 0 Å². The number of halogens is 4. The Morgan fingerprint density at radius 2 is 2.10 bits per heavy atom. The number of benzene rings is 1. The van der Waals surface area contributed by atoms with E-state index in [1.54, 1.807) is 6.08 Å². The van der Waals surface area contributed by atoms with Gasteiger partial charge in [0.25, 0.3) is 0 Å². The first-order valence-electron chi connectivity index (χ1n) is 5.82. The maximum atomic E-state index is 12.6. The number of thioether (sulfide) groups is 1. The molecule has 1 rings (SSSR count). The van der Waals surface area contributed by atoms with Gasteiger partial charge in [-0.05, 0) is 46.6 Å². The Labute approximate surface area is 129 Å². The predicted molar refractivity (Wildman–Crippen MR) is 83.0 cm³/mol. The van der Waals surface area contributed by atoms with Gasteiger partial charge in [0.05, 0.1) is 5.56 Å². The zero-order chi connectivity index (χ0) is 15.2. The second-order valence-electron chi connectivity index (χ2n) is 3.91. The fourth-order valence-electron chi connectivity index (χ4n) is 1.47. The molecule has 0 unspecified atom stereocenters. The highest BCUT2D eigenvalue weighted by Crippen LogP contribution is 2.35. The van der Waals surface area contributed by atoms with Crippen molar-refractivity contribution in [1.82, 2.24) is 0 Å². The van der Waals surface area contributed by atoms with Crippen molar-refractivity contribution in [3.8, 4) is 0 Å². The lowest BCUT2D eigenvalue weighted by Crippen LogP contribution is -2.04. The molecule has 0 saturated heterocycles. The van der Waals surface area contributed by atoms with Crippen LogP contribution in [0.2, 0.25) is 0 Å². The first-order valence-corrected chi connectivity index (χ1v) is 7.60. The van der Waals surface area contributed by atoms with Crippen molar-refractivity contribution in [3.05, 3.63) is 64.7 Å². The average Bonchev–Trinajstić information content (AvgIpc) is 2.36. The Hall–Kier alpha value is -0.940. The quantitative estimate of drug-likeness (QED) is 0.440. The van der Waals surface area contributed by atoms with Crippen LogP contribution in [-0.2, 0) is 6.18 Å². The van der Waals surface area contributed by atoms with Crippen molar-refractivity contribution >= 4 is 27.7 Å². The van der Waals surface area contributed by atoms with Crippen LogP contribution in [0, 0.1) is 0 Å². The molecule has 0 bridgehead atoms. The summed E-state index contributed by atoms with van der Waals surface area (Å²) in [6.07, 6.45) is 3.12. The minimum Gasteiger partial charge on any atom is -0.166 e. The van der Waals surface area contributed by atoms with Crippen LogP contribution in [-0.4, -0.2) is 5.75 Å². The molecule has 0 nitrogen and oxygen atoms in total. The normalized spacial score (nSPS) is 12.9. The fraction of sp³-hybridized carbons (Fsp3) is 0.200. The molecule has 0 heterocycles. The van der Waals surface area contributed by atoms with Gasteiger partial charge in [-0.1, -0.05) is 30.9 Å². The van der Waals surface area contributed by atoms with Crippen LogP contribution in [0.15, 0.2) is 64.0 Å². The van der Waals surface area contributed by atoms with Gasteiger partial charge in [0.2, 0.25) is 0 Å². The molecule has 0 N–H and O–H groups in total. The first-order chi connectivity index (χ1) is 9.38. The maximum absolute atomic E-state index is 12.6. The molecule has 0 aliphatic carbocycles. The molecule has 1 aromatic rings. The standard InChI is InChI=1S/C15H14BrF3S/c1-3-5-11(6-4-2)10-20-14-8-7-12(9-13(14)16)15(17,18)19/h3-9H,1,10H2,2H3/b6-4-,11-5+. The van der Waals surface area contributed by atoms with Crippen molar-refractivity contribution in [3.63, 3.8) is 0 Å². The lowest BCUT2D eigenvalue weighted by Gasteiger charge is -2.10. The van der Waals surface area contributed by atoms with Crippen LogP contribution in [0.1, 0.15) is 12.5 Å². The lowest BCUT2D eigenvalue weighted by molar-refractivity contribution is -0.137. The SMILES string of the molecule is C=C/C=C(\C=C/C)CSc1ccc(C(F)(F)F)cc1Br. The van der Waals surface area contributed by atoms with E-state index in [0.717, 1.165) is 22.6 Å². The van der Waals surface area contributed by atoms with Gasteiger partial charge in [0.1, 0.15) is 0 Å². The van der Waals surface area contributed by atoms with E-state index >= 15 is 0 Å². The van der Waals surface area contributed by atoms with E-state index in [1.165, 1.54) is 17.8 Å². The summed E-state index contributed by atoms with van der Waals surface area (Å²) in [5, 5.41) is 0. The highest BCUT2D eigenvalue weighted by molar-refractivity contribution is 9.10. The van der Waals surface area contributed by atoms with Gasteiger partial charge in [0.15, 0.2) is 0 Å². The Balaban J connectivity index is 2.84. The molecule has 1 aromatic carbocycles. The molecule has 0 aliphatic rings. The second kappa shape index (κ2) is 7.74. The van der Waals surface area contributed by atoms with Crippen LogP contribution >= 0.6 is 27.7 Å². The summed E-state index contributed by atoms with van der Waals surface area (Å²) in [7, 11) is 0. The van der Waals surface area contributed by atoms with E-state index in [9.17, 15) is 13.2 Å². The van der Waals surface area contributed by atoms with Crippen LogP contribution in [0.25, 0.3) is 0 Å². The maximum Gasteiger partial charge on any atom is 0.416 e. The zero-order valence-electron chi connectivity index (χ0n) is 10.9. The van der Waals surface area contributed by atoms with Crippen LogP contribution < -0.4 is 0 Å². The monoisotopic (exact) mass is 362 g/mol. The number of rotatable bonds is 5. The average molecular weight is 363 g/mol. The number of allylic oxidation sites excluding steroid dienone is 4. The molecule has 20 heavy (non-hydrogen) atoms. The Morgan fingerprint density at radius 3 is 2.60 bits per heavy atom. The predicted octanol–water partition coefficient (Wildman–Crippen LogP) is 6.25.